The van der Waals surface area contributed by atoms with Crippen molar-refractivity contribution in [3.8, 4) is 11.8 Å². The molecular formula is C19H14FN3O4. The number of fused-ring (bicyclic) bond motifs is 1. The first kappa shape index (κ1) is 17.9. The number of aliphatic hydroxyl groups is 1. The molecule has 1 heterocycles. The highest BCUT2D eigenvalue weighted by atomic mass is 19.1. The number of aliphatic hydroxyl groups excluding tert-OH is 1. The number of rotatable bonds is 6. The number of nitrogens with one attached hydrogen (secondary N) is 1. The summed E-state index contributed by atoms with van der Waals surface area (Å²) in [6.07, 6.45) is 0. The number of nitriles is 1. The van der Waals surface area contributed by atoms with Gasteiger partial charge in [0.05, 0.1) is 11.0 Å². The quantitative estimate of drug-likeness (QED) is 0.394. The summed E-state index contributed by atoms with van der Waals surface area (Å²) in [6, 6.07) is 14.6. The van der Waals surface area contributed by atoms with Crippen LogP contribution in [-0.2, 0) is 9.53 Å². The molecule has 0 unspecified atom stereocenters. The maximum absolute atomic E-state index is 13.4. The van der Waals surface area contributed by atoms with Crippen LogP contribution < -0.4 is 4.74 Å². The third kappa shape index (κ3) is 4.22. The number of carbonyl (C=O) groups is 1. The van der Waals surface area contributed by atoms with Gasteiger partial charge in [-0.2, -0.15) is 5.26 Å². The third-order valence-corrected chi connectivity index (χ3v) is 3.58. The second kappa shape index (κ2) is 8.01. The highest BCUT2D eigenvalue weighted by Crippen LogP contribution is 2.19. The molecule has 3 rings (SSSR count). The van der Waals surface area contributed by atoms with Crippen LogP contribution in [0.3, 0.4) is 0 Å². The fraction of sp³-hybridized carbons (Fsp3) is 0.105. The number of hydrogen-bond donors (Lipinski definition) is 2. The minimum Gasteiger partial charge on any atom is -0.507 e. The molecule has 7 nitrogen and oxygen atoms in total. The van der Waals surface area contributed by atoms with Gasteiger partial charge in [-0.05, 0) is 24.3 Å². The molecule has 2 aromatic carbocycles. The van der Waals surface area contributed by atoms with E-state index in [0.29, 0.717) is 11.0 Å². The summed E-state index contributed by atoms with van der Waals surface area (Å²) in [6.45, 7) is -1.08. The topological polar surface area (TPSA) is 108 Å². The molecule has 0 saturated carbocycles. The molecule has 0 amide bonds. The van der Waals surface area contributed by atoms with Crippen LogP contribution in [0.15, 0.2) is 54.3 Å². The van der Waals surface area contributed by atoms with Crippen LogP contribution in [0.2, 0.25) is 0 Å². The van der Waals surface area contributed by atoms with E-state index in [1.54, 1.807) is 30.3 Å². The van der Waals surface area contributed by atoms with Gasteiger partial charge in [-0.15, -0.1) is 0 Å². The number of allylic oxidation sites excluding steroid dienone is 1. The molecule has 0 aliphatic heterocycles. The highest BCUT2D eigenvalue weighted by molar-refractivity contribution is 5.83. The van der Waals surface area contributed by atoms with Crippen molar-refractivity contribution >= 4 is 22.6 Å². The summed E-state index contributed by atoms with van der Waals surface area (Å²) in [5, 5.41) is 19.4. The first-order valence-electron chi connectivity index (χ1n) is 7.88. The molecule has 2 N–H and O–H groups in total. The lowest BCUT2D eigenvalue weighted by molar-refractivity contribution is -0.145. The second-order valence-electron chi connectivity index (χ2n) is 5.42. The Balaban J connectivity index is 1.63. The van der Waals surface area contributed by atoms with Crippen LogP contribution in [0.4, 0.5) is 4.39 Å². The van der Waals surface area contributed by atoms with E-state index in [1.807, 2.05) is 6.07 Å². The number of esters is 1. The van der Waals surface area contributed by atoms with Gasteiger partial charge in [0.25, 0.3) is 0 Å². The molecule has 0 aliphatic rings. The van der Waals surface area contributed by atoms with Gasteiger partial charge >= 0.3 is 5.97 Å². The van der Waals surface area contributed by atoms with Crippen molar-refractivity contribution in [2.24, 2.45) is 0 Å². The largest absolute Gasteiger partial charge is 0.507 e. The number of nitrogens with zero attached hydrogens (tertiary/aromatic N) is 2. The predicted octanol–water partition coefficient (Wildman–Crippen LogP) is 3.12. The van der Waals surface area contributed by atoms with Crippen molar-refractivity contribution in [1.82, 2.24) is 9.97 Å². The molecule has 1 aromatic heterocycles. The number of aromatic nitrogens is 2. The first-order valence-corrected chi connectivity index (χ1v) is 7.88. The Morgan fingerprint density at radius 1 is 1.19 bits per heavy atom. The predicted molar refractivity (Wildman–Crippen MR) is 94.1 cm³/mol. The molecule has 8 heteroatoms. The van der Waals surface area contributed by atoms with Gasteiger partial charge in [0.1, 0.15) is 18.2 Å². The number of ether oxygens (including phenoxy) is 2. The summed E-state index contributed by atoms with van der Waals surface area (Å²) < 4.78 is 23.3. The van der Waals surface area contributed by atoms with Gasteiger partial charge in [0.15, 0.2) is 29.8 Å². The summed E-state index contributed by atoms with van der Waals surface area (Å²) in [5.41, 5.74) is 1.18. The van der Waals surface area contributed by atoms with Crippen molar-refractivity contribution in [3.63, 3.8) is 0 Å². The Morgan fingerprint density at radius 2 is 1.93 bits per heavy atom. The molecule has 0 fully saturated rings. The van der Waals surface area contributed by atoms with Crippen molar-refractivity contribution in [3.05, 3.63) is 65.9 Å². The van der Waals surface area contributed by atoms with Crippen LogP contribution in [0.5, 0.6) is 5.75 Å². The van der Waals surface area contributed by atoms with Crippen molar-refractivity contribution in [2.45, 2.75) is 0 Å². The smallest absolute Gasteiger partial charge is 0.344 e. The van der Waals surface area contributed by atoms with Crippen molar-refractivity contribution in [2.75, 3.05) is 13.2 Å². The Hall–Kier alpha value is -3.86. The average molecular weight is 367 g/mol. The minimum atomic E-state index is -0.827. The molecule has 0 spiro atoms. The molecule has 0 bridgehead atoms. The highest BCUT2D eigenvalue weighted by Gasteiger charge is 2.15. The second-order valence-corrected chi connectivity index (χ2v) is 5.42. The van der Waals surface area contributed by atoms with Crippen LogP contribution in [-0.4, -0.2) is 34.3 Å². The number of H-pyrrole nitrogens is 1. The fourth-order valence-corrected chi connectivity index (χ4v) is 2.29. The van der Waals surface area contributed by atoms with Gasteiger partial charge in [-0.25, -0.2) is 14.2 Å². The van der Waals surface area contributed by atoms with E-state index in [4.69, 9.17) is 9.47 Å². The summed E-state index contributed by atoms with van der Waals surface area (Å²) in [7, 11) is 0. The summed E-state index contributed by atoms with van der Waals surface area (Å²) in [4.78, 5) is 18.8. The first-order chi connectivity index (χ1) is 13.1. The van der Waals surface area contributed by atoms with Crippen molar-refractivity contribution in [1.29, 1.82) is 5.26 Å². The number of imidazole rings is 1. The van der Waals surface area contributed by atoms with Crippen LogP contribution >= 0.6 is 0 Å². The molecule has 0 atom stereocenters. The van der Waals surface area contributed by atoms with Crippen LogP contribution in [0.1, 0.15) is 5.82 Å². The van der Waals surface area contributed by atoms with E-state index in [-0.39, 0.29) is 17.1 Å². The van der Waals surface area contributed by atoms with E-state index in [9.17, 15) is 19.6 Å². The molecule has 3 aromatic rings. The zero-order chi connectivity index (χ0) is 19.2. The Morgan fingerprint density at radius 3 is 2.67 bits per heavy atom. The van der Waals surface area contributed by atoms with E-state index in [0.717, 1.165) is 0 Å². The monoisotopic (exact) mass is 367 g/mol. The molecule has 0 saturated heterocycles. The number of para-hydroxylation sites is 3. The molecule has 136 valence electrons. The van der Waals surface area contributed by atoms with E-state index in [1.165, 1.54) is 18.2 Å². The van der Waals surface area contributed by atoms with E-state index < -0.39 is 30.8 Å². The SMILES string of the molecule is N#C/C(=C(/O)COC(=O)COc1ccccc1F)c1nc2ccccc2[nH]1. The number of halogens is 1. The maximum Gasteiger partial charge on any atom is 0.344 e. The normalized spacial score (nSPS) is 11.6. The number of hydrogen-bond acceptors (Lipinski definition) is 6. The zero-order valence-electron chi connectivity index (χ0n) is 14.0. The standard InChI is InChI=1S/C19H14FN3O4/c20-13-5-1-4-8-17(13)26-11-18(25)27-10-16(24)12(9-21)19-22-14-6-2-3-7-15(14)23-19/h1-8,24H,10-11H2,(H,22,23)/b16-12-. The third-order valence-electron chi connectivity index (χ3n) is 3.58. The minimum absolute atomic E-state index is 0.0887. The van der Waals surface area contributed by atoms with E-state index >= 15 is 0 Å². The van der Waals surface area contributed by atoms with E-state index in [2.05, 4.69) is 9.97 Å². The summed E-state index contributed by atoms with van der Waals surface area (Å²) in [5.74, 6) is -1.82. The van der Waals surface area contributed by atoms with Crippen LogP contribution in [0, 0.1) is 17.1 Å². The Kier molecular flexibility index (Phi) is 5.33. The van der Waals surface area contributed by atoms with Gasteiger partial charge in [-0.1, -0.05) is 24.3 Å². The van der Waals surface area contributed by atoms with Crippen molar-refractivity contribution < 1.29 is 23.8 Å². The van der Waals surface area contributed by atoms with Crippen LogP contribution in [0.25, 0.3) is 16.6 Å². The van der Waals surface area contributed by atoms with Gasteiger partial charge in [0, 0.05) is 0 Å². The lowest BCUT2D eigenvalue weighted by Crippen LogP contribution is -2.17. The molecule has 0 radical (unpaired) electrons. The number of aromatic amines is 1. The Labute approximate surface area is 153 Å². The number of carbonyl (C=O) groups excluding carboxylic acids is 1. The summed E-state index contributed by atoms with van der Waals surface area (Å²) >= 11 is 0. The average Bonchev–Trinajstić information content (AvgIpc) is 3.10. The fourth-order valence-electron chi connectivity index (χ4n) is 2.29. The van der Waals surface area contributed by atoms with Gasteiger partial charge < -0.3 is 19.6 Å². The lowest BCUT2D eigenvalue weighted by atomic mass is 10.2. The molecule has 27 heavy (non-hydrogen) atoms. The number of benzene rings is 2. The maximum atomic E-state index is 13.4. The zero-order valence-corrected chi connectivity index (χ0v) is 14.0. The molecular weight excluding hydrogens is 353 g/mol. The van der Waals surface area contributed by atoms with Gasteiger partial charge in [-0.3, -0.25) is 0 Å². The molecule has 0 aliphatic carbocycles. The lowest BCUT2D eigenvalue weighted by Gasteiger charge is -2.08. The van der Waals surface area contributed by atoms with Gasteiger partial charge in [0.2, 0.25) is 0 Å². The Bertz CT molecular complexity index is 1020.